The van der Waals surface area contributed by atoms with Crippen LogP contribution < -0.4 is 5.32 Å². The number of hydrogen-bond donors (Lipinski definition) is 1. The normalized spacial score (nSPS) is 12.0. The van der Waals surface area contributed by atoms with Crippen molar-refractivity contribution in [1.82, 2.24) is 14.5 Å². The molecule has 0 bridgehead atoms. The number of hydrogen-bond acceptors (Lipinski definition) is 3. The van der Waals surface area contributed by atoms with E-state index in [2.05, 4.69) is 10.3 Å². The van der Waals surface area contributed by atoms with Crippen molar-refractivity contribution in [1.29, 1.82) is 0 Å². The summed E-state index contributed by atoms with van der Waals surface area (Å²) in [4.78, 5) is 6.01. The molecule has 0 aliphatic heterocycles. The molecule has 0 aliphatic carbocycles. The second-order valence-electron chi connectivity index (χ2n) is 5.36. The van der Waals surface area contributed by atoms with Crippen LogP contribution in [0.1, 0.15) is 19.4 Å². The molecule has 0 atom stereocenters. The van der Waals surface area contributed by atoms with Gasteiger partial charge in [0.05, 0.1) is 5.75 Å². The van der Waals surface area contributed by atoms with E-state index in [4.69, 9.17) is 0 Å². The minimum Gasteiger partial charge on any atom is -0.355 e. The van der Waals surface area contributed by atoms with Gasteiger partial charge in [0.25, 0.3) is 0 Å². The number of rotatable bonds is 8. The first kappa shape index (κ1) is 24.1. The first-order chi connectivity index (χ1) is 11.3. The SMILES string of the molecule is CCN(CC)S(=O)(=O)CCNC(=NC)N(C)Cc1ccc(F)cc1.I. The summed E-state index contributed by atoms with van der Waals surface area (Å²) in [6.45, 7) is 5.41. The minimum atomic E-state index is -3.26. The van der Waals surface area contributed by atoms with Crippen LogP contribution in [-0.4, -0.2) is 63.1 Å². The van der Waals surface area contributed by atoms with E-state index in [9.17, 15) is 12.8 Å². The van der Waals surface area contributed by atoms with Crippen molar-refractivity contribution in [3.63, 3.8) is 0 Å². The summed E-state index contributed by atoms with van der Waals surface area (Å²) < 4.78 is 38.7. The molecule has 1 rings (SSSR count). The summed E-state index contributed by atoms with van der Waals surface area (Å²) in [6.07, 6.45) is 0. The average Bonchev–Trinajstić information content (AvgIpc) is 2.54. The van der Waals surface area contributed by atoms with Gasteiger partial charge < -0.3 is 10.2 Å². The molecule has 0 saturated heterocycles. The molecule has 0 saturated carbocycles. The van der Waals surface area contributed by atoms with E-state index < -0.39 is 10.0 Å². The van der Waals surface area contributed by atoms with Crippen molar-refractivity contribution in [3.05, 3.63) is 35.6 Å². The molecule has 0 aromatic heterocycles. The molecule has 0 amide bonds. The molecule has 0 radical (unpaired) electrons. The van der Waals surface area contributed by atoms with E-state index in [1.165, 1.54) is 16.4 Å². The molecule has 1 aromatic carbocycles. The first-order valence-corrected chi connectivity index (χ1v) is 9.59. The highest BCUT2D eigenvalue weighted by Gasteiger charge is 2.18. The van der Waals surface area contributed by atoms with Gasteiger partial charge in [-0.15, -0.1) is 24.0 Å². The second kappa shape index (κ2) is 11.6. The smallest absolute Gasteiger partial charge is 0.215 e. The number of halogens is 2. The summed E-state index contributed by atoms with van der Waals surface area (Å²) in [6, 6.07) is 6.25. The molecule has 0 heterocycles. The number of nitrogens with one attached hydrogen (secondary N) is 1. The molecule has 0 fully saturated rings. The van der Waals surface area contributed by atoms with Gasteiger partial charge in [0.15, 0.2) is 5.96 Å². The van der Waals surface area contributed by atoms with Crippen LogP contribution >= 0.6 is 24.0 Å². The summed E-state index contributed by atoms with van der Waals surface area (Å²) in [5.74, 6) is 0.331. The van der Waals surface area contributed by atoms with Crippen molar-refractivity contribution in [2.24, 2.45) is 4.99 Å². The van der Waals surface area contributed by atoms with Crippen molar-refractivity contribution >= 4 is 40.0 Å². The summed E-state index contributed by atoms with van der Waals surface area (Å²) >= 11 is 0. The molecule has 0 unspecified atom stereocenters. The third-order valence-electron chi connectivity index (χ3n) is 3.65. The maximum absolute atomic E-state index is 12.9. The standard InChI is InChI=1S/C16H27FN4O2S.HI/c1-5-21(6-2)24(22,23)12-11-19-16(18-3)20(4)13-14-7-9-15(17)10-8-14;/h7-10H,5-6,11-13H2,1-4H3,(H,18,19);1H. The number of nitrogens with zero attached hydrogens (tertiary/aromatic N) is 3. The number of guanidine groups is 1. The van der Waals surface area contributed by atoms with Gasteiger partial charge >= 0.3 is 0 Å². The molecule has 1 N–H and O–H groups in total. The molecule has 1 aromatic rings. The predicted molar refractivity (Wildman–Crippen MR) is 111 cm³/mol. The van der Waals surface area contributed by atoms with Gasteiger partial charge in [0, 0.05) is 40.3 Å². The van der Waals surface area contributed by atoms with Gasteiger partial charge in [-0.3, -0.25) is 4.99 Å². The van der Waals surface area contributed by atoms with Gasteiger partial charge in [0.2, 0.25) is 10.0 Å². The second-order valence-corrected chi connectivity index (χ2v) is 7.45. The van der Waals surface area contributed by atoms with E-state index >= 15 is 0 Å². The van der Waals surface area contributed by atoms with Gasteiger partial charge in [-0.25, -0.2) is 17.1 Å². The topological polar surface area (TPSA) is 65.0 Å². The van der Waals surface area contributed by atoms with Crippen LogP contribution in [0, 0.1) is 5.82 Å². The van der Waals surface area contributed by atoms with Crippen LogP contribution in [0.4, 0.5) is 4.39 Å². The Kier molecular flexibility index (Phi) is 11.2. The lowest BCUT2D eigenvalue weighted by Gasteiger charge is -2.23. The first-order valence-electron chi connectivity index (χ1n) is 7.98. The minimum absolute atomic E-state index is 0. The lowest BCUT2D eigenvalue weighted by atomic mass is 10.2. The van der Waals surface area contributed by atoms with Gasteiger partial charge in [-0.2, -0.15) is 0 Å². The molecule has 144 valence electrons. The van der Waals surface area contributed by atoms with Crippen LogP contribution in [0.3, 0.4) is 0 Å². The number of aliphatic imine (C=N–C) groups is 1. The zero-order chi connectivity index (χ0) is 18.2. The fourth-order valence-electron chi connectivity index (χ4n) is 2.36. The van der Waals surface area contributed by atoms with Crippen LogP contribution in [0.5, 0.6) is 0 Å². The third-order valence-corrected chi connectivity index (χ3v) is 5.67. The van der Waals surface area contributed by atoms with Crippen molar-refractivity contribution < 1.29 is 12.8 Å². The van der Waals surface area contributed by atoms with Crippen molar-refractivity contribution in [2.75, 3.05) is 39.5 Å². The van der Waals surface area contributed by atoms with Crippen LogP contribution in [0.2, 0.25) is 0 Å². The Morgan fingerprint density at radius 2 is 1.76 bits per heavy atom. The highest BCUT2D eigenvalue weighted by Crippen LogP contribution is 2.06. The predicted octanol–water partition coefficient (Wildman–Crippen LogP) is 2.12. The van der Waals surface area contributed by atoms with Crippen molar-refractivity contribution in [2.45, 2.75) is 20.4 Å². The molecule has 9 heteroatoms. The van der Waals surface area contributed by atoms with Gasteiger partial charge in [-0.1, -0.05) is 26.0 Å². The summed E-state index contributed by atoms with van der Waals surface area (Å²) in [5, 5.41) is 3.06. The zero-order valence-corrected chi connectivity index (χ0v) is 18.3. The van der Waals surface area contributed by atoms with E-state index in [-0.39, 0.29) is 42.1 Å². The van der Waals surface area contributed by atoms with Crippen molar-refractivity contribution in [3.8, 4) is 0 Å². The Bertz CT molecular complexity index is 634. The Labute approximate surface area is 167 Å². The Balaban J connectivity index is 0.00000576. The van der Waals surface area contributed by atoms with Gasteiger partial charge in [-0.05, 0) is 17.7 Å². The zero-order valence-electron chi connectivity index (χ0n) is 15.2. The quantitative estimate of drug-likeness (QED) is 0.348. The van der Waals surface area contributed by atoms with Crippen LogP contribution in [0.25, 0.3) is 0 Å². The van der Waals surface area contributed by atoms with Gasteiger partial charge in [0.1, 0.15) is 5.82 Å². The maximum atomic E-state index is 12.9. The molecule has 6 nitrogen and oxygen atoms in total. The Morgan fingerprint density at radius 3 is 2.24 bits per heavy atom. The molecule has 0 spiro atoms. The summed E-state index contributed by atoms with van der Waals surface area (Å²) in [5.41, 5.74) is 0.942. The Morgan fingerprint density at radius 1 is 1.20 bits per heavy atom. The van der Waals surface area contributed by atoms with E-state index in [0.29, 0.717) is 25.6 Å². The molecular formula is C16H28FIN4O2S. The highest BCUT2D eigenvalue weighted by atomic mass is 127. The molecular weight excluding hydrogens is 458 g/mol. The third kappa shape index (κ3) is 7.87. The number of benzene rings is 1. The fourth-order valence-corrected chi connectivity index (χ4v) is 3.77. The molecule has 0 aliphatic rings. The maximum Gasteiger partial charge on any atom is 0.215 e. The largest absolute Gasteiger partial charge is 0.355 e. The monoisotopic (exact) mass is 486 g/mol. The lowest BCUT2D eigenvalue weighted by molar-refractivity contribution is 0.443. The fraction of sp³-hybridized carbons (Fsp3) is 0.562. The van der Waals surface area contributed by atoms with E-state index in [1.54, 1.807) is 19.2 Å². The Hall–Kier alpha value is -0.940. The summed E-state index contributed by atoms with van der Waals surface area (Å²) in [7, 11) is 0.226. The van der Waals surface area contributed by atoms with Crippen LogP contribution in [-0.2, 0) is 16.6 Å². The molecule has 25 heavy (non-hydrogen) atoms. The van der Waals surface area contributed by atoms with Crippen LogP contribution in [0.15, 0.2) is 29.3 Å². The van der Waals surface area contributed by atoms with E-state index in [0.717, 1.165) is 5.56 Å². The lowest BCUT2D eigenvalue weighted by Crippen LogP contribution is -2.42. The number of sulfonamides is 1. The van der Waals surface area contributed by atoms with E-state index in [1.807, 2.05) is 25.8 Å². The average molecular weight is 486 g/mol. The highest BCUT2D eigenvalue weighted by molar-refractivity contribution is 14.0.